The summed E-state index contributed by atoms with van der Waals surface area (Å²) in [6.45, 7) is 6.49. The number of benzene rings is 3. The van der Waals surface area contributed by atoms with E-state index < -0.39 is 21.6 Å². The number of ether oxygens (including phenoxy) is 1. The fraction of sp³-hybridized carbons (Fsp3) is 0.535. The zero-order valence-electron chi connectivity index (χ0n) is 32.2. The second-order valence-corrected chi connectivity index (χ2v) is 18.6. The number of likely N-dealkylation sites (tertiary alicyclic amines) is 3. The van der Waals surface area contributed by atoms with Crippen molar-refractivity contribution >= 4 is 27.5 Å². The van der Waals surface area contributed by atoms with E-state index in [9.17, 15) is 18.0 Å². The molecule has 3 aromatic carbocycles. The van der Waals surface area contributed by atoms with Crippen molar-refractivity contribution in [1.29, 1.82) is 0 Å². The second-order valence-electron chi connectivity index (χ2n) is 16.7. The summed E-state index contributed by atoms with van der Waals surface area (Å²) < 4.78 is 63.1. The molecular weight excluding hydrogens is 737 g/mol. The molecule has 0 aromatic heterocycles. The first-order valence-electron chi connectivity index (χ1n) is 20.2. The molecule has 1 saturated carbocycles. The third-order valence-corrected chi connectivity index (χ3v) is 15.1. The number of alkyl carbamates (subject to hydrolysis) is 1. The maximum Gasteiger partial charge on any atom is 0.407 e. The molecule has 300 valence electrons. The van der Waals surface area contributed by atoms with Crippen molar-refractivity contribution in [2.75, 3.05) is 77.5 Å². The van der Waals surface area contributed by atoms with Gasteiger partial charge in [0.25, 0.3) is 5.91 Å². The summed E-state index contributed by atoms with van der Waals surface area (Å²) >= 11 is 0. The van der Waals surface area contributed by atoms with Crippen molar-refractivity contribution in [3.63, 3.8) is 0 Å². The summed E-state index contributed by atoms with van der Waals surface area (Å²) in [7, 11) is -2.40. The minimum Gasteiger partial charge on any atom is -0.453 e. The first-order chi connectivity index (χ1) is 27.0. The van der Waals surface area contributed by atoms with Gasteiger partial charge in [0.2, 0.25) is 9.84 Å². The van der Waals surface area contributed by atoms with E-state index in [-0.39, 0.29) is 57.9 Å². The molecular formula is C43H53F2N5O5S. The first kappa shape index (κ1) is 38.8. The summed E-state index contributed by atoms with van der Waals surface area (Å²) in [4.78, 5) is 33.7. The monoisotopic (exact) mass is 789 g/mol. The number of hydrogen-bond donors (Lipinski definition) is 1. The van der Waals surface area contributed by atoms with Crippen molar-refractivity contribution in [3.8, 4) is 0 Å². The molecule has 56 heavy (non-hydrogen) atoms. The fourth-order valence-electron chi connectivity index (χ4n) is 10.1. The van der Waals surface area contributed by atoms with Crippen molar-refractivity contribution in [1.82, 2.24) is 20.0 Å². The van der Waals surface area contributed by atoms with E-state index in [1.54, 1.807) is 47.4 Å². The molecule has 10 nitrogen and oxygen atoms in total. The normalized spacial score (nSPS) is 24.1. The van der Waals surface area contributed by atoms with Gasteiger partial charge in [-0.3, -0.25) is 9.69 Å². The van der Waals surface area contributed by atoms with Crippen LogP contribution >= 0.6 is 0 Å². The zero-order valence-corrected chi connectivity index (χ0v) is 33.0. The lowest BCUT2D eigenvalue weighted by atomic mass is 9.57. The topological polar surface area (TPSA) is 102 Å². The summed E-state index contributed by atoms with van der Waals surface area (Å²) in [6, 6.07) is 19.7. The number of nitrogens with one attached hydrogen (secondary N) is 1. The minimum atomic E-state index is -3.79. The molecule has 2 amide bonds. The average molecular weight is 790 g/mol. The van der Waals surface area contributed by atoms with Crippen LogP contribution in [0.4, 0.5) is 19.3 Å². The van der Waals surface area contributed by atoms with Crippen LogP contribution in [-0.4, -0.2) is 119 Å². The summed E-state index contributed by atoms with van der Waals surface area (Å²) in [5.74, 6) is -0.00666. The van der Waals surface area contributed by atoms with Gasteiger partial charge in [-0.15, -0.1) is 0 Å². The van der Waals surface area contributed by atoms with E-state index in [4.69, 9.17) is 4.74 Å². The van der Waals surface area contributed by atoms with Gasteiger partial charge in [0, 0.05) is 48.9 Å². The molecule has 5 fully saturated rings. The van der Waals surface area contributed by atoms with Crippen LogP contribution in [0, 0.1) is 17.7 Å². The van der Waals surface area contributed by atoms with Gasteiger partial charge in [-0.25, -0.2) is 22.0 Å². The maximum absolute atomic E-state index is 16.3. The lowest BCUT2D eigenvalue weighted by Gasteiger charge is -2.54. The van der Waals surface area contributed by atoms with Gasteiger partial charge in [0.15, 0.2) is 5.67 Å². The van der Waals surface area contributed by atoms with E-state index in [0.29, 0.717) is 12.1 Å². The molecule has 0 bridgehead atoms. The predicted octanol–water partition coefficient (Wildman–Crippen LogP) is 5.91. The summed E-state index contributed by atoms with van der Waals surface area (Å²) in [6.07, 6.45) is 6.15. The minimum absolute atomic E-state index is 0.0763. The Morgan fingerprint density at radius 3 is 2.09 bits per heavy atom. The third kappa shape index (κ3) is 7.54. The van der Waals surface area contributed by atoms with Crippen molar-refractivity contribution in [2.24, 2.45) is 11.8 Å². The molecule has 8 rings (SSSR count). The highest BCUT2D eigenvalue weighted by molar-refractivity contribution is 7.91. The number of sulfone groups is 1. The van der Waals surface area contributed by atoms with Gasteiger partial charge in [-0.1, -0.05) is 18.6 Å². The number of amides is 2. The number of alkyl halides is 1. The van der Waals surface area contributed by atoms with Crippen molar-refractivity contribution in [3.05, 3.63) is 89.7 Å². The second kappa shape index (κ2) is 15.7. The molecule has 4 saturated heterocycles. The number of rotatable bonds is 12. The lowest BCUT2D eigenvalue weighted by molar-refractivity contribution is 0.00584. The van der Waals surface area contributed by atoms with Gasteiger partial charge in [0.05, 0.1) is 30.0 Å². The van der Waals surface area contributed by atoms with Crippen molar-refractivity contribution < 1.29 is 31.5 Å². The van der Waals surface area contributed by atoms with E-state index >= 15 is 8.78 Å². The molecule has 4 heterocycles. The van der Waals surface area contributed by atoms with Crippen LogP contribution < -0.4 is 10.2 Å². The predicted molar refractivity (Wildman–Crippen MR) is 210 cm³/mol. The van der Waals surface area contributed by atoms with Gasteiger partial charge >= 0.3 is 6.09 Å². The molecule has 3 atom stereocenters. The first-order valence-corrected chi connectivity index (χ1v) is 21.7. The average Bonchev–Trinajstić information content (AvgIpc) is 3.61. The number of piperidine rings is 1. The summed E-state index contributed by atoms with van der Waals surface area (Å²) in [5, 5.41) is 3.14. The van der Waals surface area contributed by atoms with Gasteiger partial charge < -0.3 is 24.8 Å². The summed E-state index contributed by atoms with van der Waals surface area (Å²) in [5.41, 5.74) is 0.457. The highest BCUT2D eigenvalue weighted by atomic mass is 32.2. The Morgan fingerprint density at radius 2 is 1.50 bits per heavy atom. The largest absolute Gasteiger partial charge is 0.453 e. The van der Waals surface area contributed by atoms with Gasteiger partial charge in [0.1, 0.15) is 5.82 Å². The van der Waals surface area contributed by atoms with E-state index in [1.165, 1.54) is 25.3 Å². The molecule has 0 unspecified atom stereocenters. The van der Waals surface area contributed by atoms with Crippen LogP contribution in [0.15, 0.2) is 82.6 Å². The van der Waals surface area contributed by atoms with Gasteiger partial charge in [-0.05, 0) is 143 Å². The number of methoxy groups -OCH3 is 1. The number of carbonyl (C=O) groups excluding carboxylic acids is 2. The van der Waals surface area contributed by atoms with Crippen LogP contribution in [0.5, 0.6) is 0 Å². The standard InChI is InChI=1S/C43H53F2N5O5S/c1-55-41(52)46-39-9-3-8-38(39)43(30-47-20-4-21-47,33-6-2-7-34(44)26-33)32-18-24-48(25-19-32)27-42(45)28-50(29-42)35-12-16-37(17-13-35)56(53,54)36-14-10-31(11-15-36)40(51)49-22-5-23-49/h2,6-7,10-17,26,32,38-39H,3-5,8-9,18-25,27-30H2,1H3,(H,46,52)/t38-,39-,43-/m0/s1. The maximum atomic E-state index is 16.3. The van der Waals surface area contributed by atoms with Crippen LogP contribution in [0.2, 0.25) is 0 Å². The van der Waals surface area contributed by atoms with Crippen LogP contribution in [0.1, 0.15) is 60.9 Å². The Morgan fingerprint density at radius 1 is 0.839 bits per heavy atom. The van der Waals surface area contributed by atoms with Crippen LogP contribution in [0.25, 0.3) is 0 Å². The third-order valence-electron chi connectivity index (χ3n) is 13.3. The quantitative estimate of drug-likeness (QED) is 0.242. The van der Waals surface area contributed by atoms with Crippen molar-refractivity contribution in [2.45, 2.75) is 71.9 Å². The van der Waals surface area contributed by atoms with Crippen LogP contribution in [0.3, 0.4) is 0 Å². The Labute approximate surface area is 329 Å². The lowest BCUT2D eigenvalue weighted by Crippen LogP contribution is -2.65. The Bertz CT molecular complexity index is 2000. The van der Waals surface area contributed by atoms with Gasteiger partial charge in [-0.2, -0.15) is 0 Å². The molecule has 4 aliphatic heterocycles. The van der Waals surface area contributed by atoms with E-state index in [0.717, 1.165) is 102 Å². The number of hydrogen-bond acceptors (Lipinski definition) is 8. The fourth-order valence-corrected chi connectivity index (χ4v) is 11.4. The number of anilines is 1. The molecule has 13 heteroatoms. The SMILES string of the molecule is COC(=O)N[C@H]1CCC[C@@H]1[C@](CN1CCC1)(c1cccc(F)c1)C1CCN(CC2(F)CN(c3ccc(S(=O)(=O)c4ccc(C(=O)N5CCC5)cc4)cc3)C2)CC1. The Balaban J connectivity index is 0.912. The van der Waals surface area contributed by atoms with E-state index in [2.05, 4.69) is 21.2 Å². The number of nitrogens with zero attached hydrogens (tertiary/aromatic N) is 4. The Kier molecular flexibility index (Phi) is 10.9. The molecule has 3 aromatic rings. The molecule has 1 N–H and O–H groups in total. The molecule has 0 spiro atoms. The zero-order chi connectivity index (χ0) is 39.1. The molecule has 0 radical (unpaired) electrons. The number of halogens is 2. The molecule has 5 aliphatic rings. The van der Waals surface area contributed by atoms with Crippen LogP contribution in [-0.2, 0) is 20.0 Å². The smallest absolute Gasteiger partial charge is 0.407 e. The highest BCUT2D eigenvalue weighted by Gasteiger charge is 2.54. The Hall–Kier alpha value is -4.07. The molecule has 1 aliphatic carbocycles. The van der Waals surface area contributed by atoms with E-state index in [1.807, 2.05) is 11.0 Å². The number of carbonyl (C=O) groups is 2. The highest BCUT2D eigenvalue weighted by Crippen LogP contribution is 2.51.